The number of carboxylic acid groups (broad SMARTS) is 1. The quantitative estimate of drug-likeness (QED) is 0.729. The average Bonchev–Trinajstić information content (AvgIpc) is 2.21. The van der Waals surface area contributed by atoms with Crippen LogP contribution in [0.3, 0.4) is 0 Å². The van der Waals surface area contributed by atoms with Gasteiger partial charge in [0.15, 0.2) is 0 Å². The summed E-state index contributed by atoms with van der Waals surface area (Å²) in [6.45, 7) is 2.06. The number of carbonyl (C=O) groups is 1. The normalized spacial score (nSPS) is 12.3. The molecular formula is C12H17NO2. The van der Waals surface area contributed by atoms with Gasteiger partial charge >= 0.3 is 5.97 Å². The molecule has 1 unspecified atom stereocenters. The smallest absolute Gasteiger partial charge is 0.310 e. The van der Waals surface area contributed by atoms with Crippen LogP contribution in [-0.4, -0.2) is 11.1 Å². The standard InChI is InChI=1S/C12H17NO2/c1-2-3-4-11(12(14)15)9-5-7-10(13)8-6-9/h5-8,11H,2-4,13H2,1H3,(H,14,15). The van der Waals surface area contributed by atoms with E-state index in [2.05, 4.69) is 6.92 Å². The van der Waals surface area contributed by atoms with E-state index in [1.165, 1.54) is 0 Å². The first kappa shape index (κ1) is 11.6. The second kappa shape index (κ2) is 5.39. The van der Waals surface area contributed by atoms with Gasteiger partial charge in [-0.15, -0.1) is 0 Å². The van der Waals surface area contributed by atoms with Gasteiger partial charge in [0.05, 0.1) is 5.92 Å². The molecule has 0 aliphatic carbocycles. The fourth-order valence-corrected chi connectivity index (χ4v) is 1.57. The van der Waals surface area contributed by atoms with Crippen LogP contribution in [-0.2, 0) is 4.79 Å². The Morgan fingerprint density at radius 3 is 2.47 bits per heavy atom. The highest BCUT2D eigenvalue weighted by Crippen LogP contribution is 2.23. The Morgan fingerprint density at radius 1 is 1.40 bits per heavy atom. The van der Waals surface area contributed by atoms with E-state index in [9.17, 15) is 4.79 Å². The maximum absolute atomic E-state index is 11.1. The van der Waals surface area contributed by atoms with Crippen molar-refractivity contribution in [3.8, 4) is 0 Å². The van der Waals surface area contributed by atoms with Crippen molar-refractivity contribution in [1.82, 2.24) is 0 Å². The zero-order valence-corrected chi connectivity index (χ0v) is 8.94. The van der Waals surface area contributed by atoms with E-state index < -0.39 is 11.9 Å². The Morgan fingerprint density at radius 2 is 2.00 bits per heavy atom. The molecule has 1 aromatic rings. The molecule has 1 rings (SSSR count). The number of rotatable bonds is 5. The molecule has 3 heteroatoms. The van der Waals surface area contributed by atoms with Crippen molar-refractivity contribution in [1.29, 1.82) is 0 Å². The summed E-state index contributed by atoms with van der Waals surface area (Å²) in [5.74, 6) is -1.15. The fourth-order valence-electron chi connectivity index (χ4n) is 1.57. The molecule has 0 saturated carbocycles. The van der Waals surface area contributed by atoms with Gasteiger partial charge in [-0.25, -0.2) is 0 Å². The van der Waals surface area contributed by atoms with Crippen LogP contribution in [0, 0.1) is 0 Å². The maximum atomic E-state index is 11.1. The third-order valence-electron chi connectivity index (χ3n) is 2.48. The molecule has 15 heavy (non-hydrogen) atoms. The molecule has 0 aliphatic heterocycles. The SMILES string of the molecule is CCCCC(C(=O)O)c1ccc(N)cc1. The lowest BCUT2D eigenvalue weighted by atomic mass is 9.94. The molecule has 0 amide bonds. The molecule has 0 heterocycles. The summed E-state index contributed by atoms with van der Waals surface area (Å²) in [6.07, 6.45) is 2.63. The predicted molar refractivity (Wildman–Crippen MR) is 60.8 cm³/mol. The molecule has 1 aromatic carbocycles. The highest BCUT2D eigenvalue weighted by molar-refractivity contribution is 5.76. The van der Waals surface area contributed by atoms with E-state index in [0.29, 0.717) is 12.1 Å². The first-order valence-electron chi connectivity index (χ1n) is 5.23. The van der Waals surface area contributed by atoms with Gasteiger partial charge in [-0.1, -0.05) is 31.9 Å². The topological polar surface area (TPSA) is 63.3 Å². The van der Waals surface area contributed by atoms with Crippen molar-refractivity contribution in [3.05, 3.63) is 29.8 Å². The van der Waals surface area contributed by atoms with E-state index in [1.54, 1.807) is 24.3 Å². The van der Waals surface area contributed by atoms with Crippen molar-refractivity contribution in [2.75, 3.05) is 5.73 Å². The number of nitrogens with two attached hydrogens (primary N) is 1. The Kier molecular flexibility index (Phi) is 4.16. The monoisotopic (exact) mass is 207 g/mol. The fraction of sp³-hybridized carbons (Fsp3) is 0.417. The van der Waals surface area contributed by atoms with Crippen LogP contribution in [0.15, 0.2) is 24.3 Å². The largest absolute Gasteiger partial charge is 0.481 e. The number of nitrogen functional groups attached to an aromatic ring is 1. The molecule has 3 N–H and O–H groups in total. The van der Waals surface area contributed by atoms with Crippen LogP contribution < -0.4 is 5.73 Å². The second-order valence-corrected chi connectivity index (χ2v) is 3.70. The average molecular weight is 207 g/mol. The van der Waals surface area contributed by atoms with Crippen LogP contribution in [0.4, 0.5) is 5.69 Å². The van der Waals surface area contributed by atoms with E-state index in [1.807, 2.05) is 0 Å². The van der Waals surface area contributed by atoms with Gasteiger partial charge in [0.1, 0.15) is 0 Å². The zero-order valence-electron chi connectivity index (χ0n) is 8.94. The van der Waals surface area contributed by atoms with Crippen LogP contribution in [0.5, 0.6) is 0 Å². The summed E-state index contributed by atoms with van der Waals surface area (Å²) in [4.78, 5) is 11.1. The molecule has 3 nitrogen and oxygen atoms in total. The van der Waals surface area contributed by atoms with Gasteiger partial charge in [-0.05, 0) is 24.1 Å². The molecule has 0 aliphatic rings. The van der Waals surface area contributed by atoms with E-state index in [4.69, 9.17) is 10.8 Å². The van der Waals surface area contributed by atoms with Crippen molar-refractivity contribution >= 4 is 11.7 Å². The van der Waals surface area contributed by atoms with Crippen molar-refractivity contribution in [2.45, 2.75) is 32.1 Å². The Hall–Kier alpha value is -1.51. The second-order valence-electron chi connectivity index (χ2n) is 3.70. The zero-order chi connectivity index (χ0) is 11.3. The van der Waals surface area contributed by atoms with Gasteiger partial charge in [0.25, 0.3) is 0 Å². The van der Waals surface area contributed by atoms with Gasteiger partial charge < -0.3 is 10.8 Å². The van der Waals surface area contributed by atoms with Crippen LogP contribution in [0.2, 0.25) is 0 Å². The lowest BCUT2D eigenvalue weighted by molar-refractivity contribution is -0.139. The lowest BCUT2D eigenvalue weighted by Crippen LogP contribution is -2.11. The molecule has 0 saturated heterocycles. The molecule has 0 spiro atoms. The van der Waals surface area contributed by atoms with E-state index in [0.717, 1.165) is 18.4 Å². The van der Waals surface area contributed by atoms with Gasteiger partial charge in [-0.2, -0.15) is 0 Å². The molecule has 0 radical (unpaired) electrons. The Labute approximate surface area is 89.9 Å². The number of hydrogen-bond acceptors (Lipinski definition) is 2. The summed E-state index contributed by atoms with van der Waals surface area (Å²) >= 11 is 0. The van der Waals surface area contributed by atoms with Crippen molar-refractivity contribution < 1.29 is 9.90 Å². The summed E-state index contributed by atoms with van der Waals surface area (Å²) < 4.78 is 0. The Balaban J connectivity index is 2.79. The van der Waals surface area contributed by atoms with Crippen molar-refractivity contribution in [3.63, 3.8) is 0 Å². The number of anilines is 1. The lowest BCUT2D eigenvalue weighted by Gasteiger charge is -2.12. The van der Waals surface area contributed by atoms with Crippen LogP contribution in [0.25, 0.3) is 0 Å². The summed E-state index contributed by atoms with van der Waals surface area (Å²) in [6, 6.07) is 7.09. The number of aliphatic carboxylic acids is 1. The summed E-state index contributed by atoms with van der Waals surface area (Å²) in [5, 5.41) is 9.09. The van der Waals surface area contributed by atoms with E-state index in [-0.39, 0.29) is 0 Å². The molecule has 82 valence electrons. The van der Waals surface area contributed by atoms with Crippen LogP contribution in [0.1, 0.15) is 37.7 Å². The minimum atomic E-state index is -0.756. The predicted octanol–water partition coefficient (Wildman–Crippen LogP) is 2.63. The minimum absolute atomic E-state index is 0.398. The van der Waals surface area contributed by atoms with E-state index >= 15 is 0 Å². The highest BCUT2D eigenvalue weighted by Gasteiger charge is 2.18. The first-order chi connectivity index (χ1) is 7.15. The number of carboxylic acids is 1. The van der Waals surface area contributed by atoms with Gasteiger partial charge in [-0.3, -0.25) is 4.79 Å². The summed E-state index contributed by atoms with van der Waals surface area (Å²) in [5.41, 5.74) is 7.06. The Bertz CT molecular complexity index is 319. The number of benzene rings is 1. The molecule has 0 fully saturated rings. The molecule has 0 bridgehead atoms. The molecule has 1 atom stereocenters. The maximum Gasteiger partial charge on any atom is 0.310 e. The minimum Gasteiger partial charge on any atom is -0.481 e. The first-order valence-corrected chi connectivity index (χ1v) is 5.23. The van der Waals surface area contributed by atoms with Gasteiger partial charge in [0.2, 0.25) is 0 Å². The third-order valence-corrected chi connectivity index (χ3v) is 2.48. The molecule has 0 aromatic heterocycles. The van der Waals surface area contributed by atoms with Crippen LogP contribution >= 0.6 is 0 Å². The molecular weight excluding hydrogens is 190 g/mol. The summed E-state index contributed by atoms with van der Waals surface area (Å²) in [7, 11) is 0. The third kappa shape index (κ3) is 3.27. The highest BCUT2D eigenvalue weighted by atomic mass is 16.4. The number of unbranched alkanes of at least 4 members (excludes halogenated alkanes) is 1. The van der Waals surface area contributed by atoms with Crippen molar-refractivity contribution in [2.24, 2.45) is 0 Å². The number of hydrogen-bond donors (Lipinski definition) is 2. The van der Waals surface area contributed by atoms with Gasteiger partial charge in [0, 0.05) is 5.69 Å².